The van der Waals surface area contributed by atoms with Crippen LogP contribution in [-0.4, -0.2) is 267 Å². The average molecular weight is 1240 g/mol. The highest BCUT2D eigenvalue weighted by atomic mass is 16.8. The van der Waals surface area contributed by atoms with E-state index in [9.17, 15) is 81.7 Å². The number of ether oxygens (including phenoxy) is 10. The summed E-state index contributed by atoms with van der Waals surface area (Å²) in [5.74, 6) is -0.699. The number of hydrogen-bond donors (Lipinski definition) is 16. The fourth-order valence-electron chi connectivity index (χ4n) is 18.5. The Bertz CT molecular complexity index is 2340. The number of carbonyl (C=O) groups excluding carboxylic acids is 1. The maximum atomic E-state index is 15.4. The lowest BCUT2D eigenvalue weighted by Gasteiger charge is -2.73. The van der Waals surface area contributed by atoms with Gasteiger partial charge in [0.25, 0.3) is 0 Å². The Morgan fingerprint density at radius 1 is 0.465 bits per heavy atom. The number of carbonyl (C=O) groups is 1. The van der Waals surface area contributed by atoms with Gasteiger partial charge in [0.15, 0.2) is 43.8 Å². The summed E-state index contributed by atoms with van der Waals surface area (Å²) in [7, 11) is 0. The molecule has 0 aromatic rings. The lowest BCUT2D eigenvalue weighted by atomic mass is 9.31. The van der Waals surface area contributed by atoms with Gasteiger partial charge in [0, 0.05) is 5.41 Å². The van der Waals surface area contributed by atoms with E-state index >= 15 is 4.79 Å². The molecule has 0 aromatic heterocycles. The number of esters is 1. The lowest BCUT2D eigenvalue weighted by molar-refractivity contribution is -0.396. The molecule has 10 rings (SSSR count). The van der Waals surface area contributed by atoms with Gasteiger partial charge >= 0.3 is 5.97 Å². The Hall–Kier alpha value is -1.53. The second-order valence-corrected chi connectivity index (χ2v) is 29.0. The molecule has 5 heterocycles. The first-order chi connectivity index (χ1) is 40.2. The van der Waals surface area contributed by atoms with Gasteiger partial charge in [-0.05, 0) is 130 Å². The summed E-state index contributed by atoms with van der Waals surface area (Å²) in [4.78, 5) is 15.4. The normalized spacial score (nSPS) is 56.6. The molecule has 5 saturated heterocycles. The van der Waals surface area contributed by atoms with E-state index in [1.54, 1.807) is 0 Å². The minimum Gasteiger partial charge on any atom is -0.456 e. The van der Waals surface area contributed by atoms with E-state index in [4.69, 9.17) is 47.4 Å². The first-order valence-corrected chi connectivity index (χ1v) is 31.0. The monoisotopic (exact) mass is 1240 g/mol. The summed E-state index contributed by atoms with van der Waals surface area (Å²) in [6.07, 6.45) is -34.7. The minimum absolute atomic E-state index is 0.0350. The van der Waals surface area contributed by atoms with Crippen LogP contribution in [0, 0.1) is 56.2 Å². The predicted octanol–water partition coefficient (Wildman–Crippen LogP) is -3.15. The summed E-state index contributed by atoms with van der Waals surface area (Å²) < 4.78 is 58.4. The van der Waals surface area contributed by atoms with E-state index < -0.39 is 190 Å². The van der Waals surface area contributed by atoms with Gasteiger partial charge in [-0.15, -0.1) is 0 Å². The maximum absolute atomic E-state index is 15.4. The van der Waals surface area contributed by atoms with Crippen molar-refractivity contribution >= 4 is 5.97 Å². The molecule has 496 valence electrons. The van der Waals surface area contributed by atoms with Crippen LogP contribution in [-0.2, 0) is 52.2 Å². The largest absolute Gasteiger partial charge is 0.456 e. The molecule has 16 N–H and O–H groups in total. The Labute approximate surface area is 500 Å². The van der Waals surface area contributed by atoms with Gasteiger partial charge in [0.1, 0.15) is 97.7 Å². The third kappa shape index (κ3) is 11.2. The Morgan fingerprint density at radius 3 is 1.72 bits per heavy atom. The molecule has 0 radical (unpaired) electrons. The minimum atomic E-state index is -1.90. The number of rotatable bonds is 13. The predicted molar refractivity (Wildman–Crippen MR) is 289 cm³/mol. The molecule has 27 heteroatoms. The van der Waals surface area contributed by atoms with Crippen molar-refractivity contribution in [3.8, 4) is 0 Å². The molecule has 10 fully saturated rings. The number of fused-ring (bicyclic) bond motifs is 7. The summed E-state index contributed by atoms with van der Waals surface area (Å²) >= 11 is 0. The molecule has 35 unspecified atom stereocenters. The molecular formula is C59H98O27. The summed E-state index contributed by atoms with van der Waals surface area (Å²) in [5, 5.41) is 174. The zero-order chi connectivity index (χ0) is 62.9. The molecule has 10 aliphatic rings. The second kappa shape index (κ2) is 24.7. The van der Waals surface area contributed by atoms with Gasteiger partial charge in [0.05, 0.1) is 43.5 Å². The van der Waals surface area contributed by atoms with E-state index in [0.29, 0.717) is 51.4 Å². The van der Waals surface area contributed by atoms with Gasteiger partial charge in [-0.1, -0.05) is 41.5 Å². The van der Waals surface area contributed by atoms with Crippen LogP contribution in [0.3, 0.4) is 0 Å². The van der Waals surface area contributed by atoms with Crippen LogP contribution in [0.15, 0.2) is 0 Å². The molecule has 35 atom stereocenters. The SMILES string of the molecule is CC1OC(O)C(OC2OC(OC3CCC4(C)C(CCC5(C)C4CCC4C6CC(C)(C)CCC6(C(=O)OC6C(O)C(CO)OC(OCC7OC(OC8C(C)OC(O)C(O)C8O)C(O)C(O)C7O)C6O)CCC45C)C3(C)CO)C(O)C(O)C2O)C(O)C1O. The van der Waals surface area contributed by atoms with Crippen LogP contribution in [0.2, 0.25) is 0 Å². The first kappa shape index (κ1) is 67.4. The van der Waals surface area contributed by atoms with Crippen molar-refractivity contribution in [3.63, 3.8) is 0 Å². The molecule has 0 amide bonds. The smallest absolute Gasteiger partial charge is 0.312 e. The van der Waals surface area contributed by atoms with Crippen molar-refractivity contribution in [1.29, 1.82) is 0 Å². The van der Waals surface area contributed by atoms with Crippen LogP contribution >= 0.6 is 0 Å². The van der Waals surface area contributed by atoms with Crippen LogP contribution in [0.5, 0.6) is 0 Å². The van der Waals surface area contributed by atoms with E-state index in [1.165, 1.54) is 13.8 Å². The average Bonchev–Trinajstić information content (AvgIpc) is 0.679. The topological polar surface area (TPSA) is 433 Å². The Morgan fingerprint density at radius 2 is 1.06 bits per heavy atom. The fourth-order valence-corrected chi connectivity index (χ4v) is 18.5. The molecular weight excluding hydrogens is 1140 g/mol. The van der Waals surface area contributed by atoms with Gasteiger partial charge in [0.2, 0.25) is 0 Å². The van der Waals surface area contributed by atoms with Crippen molar-refractivity contribution in [3.05, 3.63) is 0 Å². The zero-order valence-corrected chi connectivity index (χ0v) is 50.4. The number of aliphatic hydroxyl groups is 16. The lowest BCUT2D eigenvalue weighted by Crippen LogP contribution is -2.69. The standard InChI is InChI=1S/C59H98O27/c1-23-32(62)37(67)46(48(75)78-23)84-52-42(72)36(66)41(71)51(86-52)82-31-12-13-55(5)29(56(31,6)22-61)11-14-58(8)30(55)10-9-25-26-19-54(3,4)15-17-59(26,18-16-57(25,58)7)53(76)85-45-34(64)27(20-60)80-49(43(45)73)77-21-28-33(63)35(65)40(70)50(81-28)83-44-24(2)79-47(74)39(69)38(44)68/h23-52,60-75H,9-22H2,1-8H3. The van der Waals surface area contributed by atoms with Crippen molar-refractivity contribution in [2.24, 2.45) is 56.2 Å². The van der Waals surface area contributed by atoms with Gasteiger partial charge < -0.3 is 129 Å². The van der Waals surface area contributed by atoms with Crippen LogP contribution in [0.25, 0.3) is 0 Å². The molecule has 0 aromatic carbocycles. The highest BCUT2D eigenvalue weighted by Crippen LogP contribution is 2.77. The summed E-state index contributed by atoms with van der Waals surface area (Å²) in [6, 6.07) is 0. The van der Waals surface area contributed by atoms with Crippen LogP contribution < -0.4 is 0 Å². The summed E-state index contributed by atoms with van der Waals surface area (Å²) in [6.45, 7) is 14.6. The van der Waals surface area contributed by atoms with Crippen molar-refractivity contribution in [1.82, 2.24) is 0 Å². The highest BCUT2D eigenvalue weighted by Gasteiger charge is 2.72. The third-order valence-electron chi connectivity index (χ3n) is 23.9. The molecule has 0 bridgehead atoms. The Balaban J connectivity index is 0.831. The number of hydrogen-bond acceptors (Lipinski definition) is 27. The quantitative estimate of drug-likeness (QED) is 0.0640. The van der Waals surface area contributed by atoms with Crippen LogP contribution in [0.4, 0.5) is 0 Å². The molecule has 27 nitrogen and oxygen atoms in total. The van der Waals surface area contributed by atoms with Gasteiger partial charge in [-0.25, -0.2) is 0 Å². The molecule has 86 heavy (non-hydrogen) atoms. The zero-order valence-electron chi connectivity index (χ0n) is 50.4. The van der Waals surface area contributed by atoms with Gasteiger partial charge in [-0.3, -0.25) is 4.79 Å². The molecule has 5 aliphatic heterocycles. The molecule has 0 spiro atoms. The summed E-state index contributed by atoms with van der Waals surface area (Å²) in [5.41, 5.74) is -3.01. The van der Waals surface area contributed by atoms with Gasteiger partial charge in [-0.2, -0.15) is 0 Å². The number of aliphatic hydroxyl groups excluding tert-OH is 16. The van der Waals surface area contributed by atoms with Crippen molar-refractivity contribution in [2.45, 2.75) is 286 Å². The van der Waals surface area contributed by atoms with Crippen LogP contribution in [0.1, 0.15) is 126 Å². The fraction of sp³-hybridized carbons (Fsp3) is 0.983. The van der Waals surface area contributed by atoms with E-state index in [0.717, 1.165) is 19.3 Å². The first-order valence-electron chi connectivity index (χ1n) is 31.0. The third-order valence-corrected chi connectivity index (χ3v) is 23.9. The van der Waals surface area contributed by atoms with Crippen molar-refractivity contribution < 1.29 is 134 Å². The Kier molecular flexibility index (Phi) is 19.4. The van der Waals surface area contributed by atoms with E-state index in [-0.39, 0.29) is 51.9 Å². The van der Waals surface area contributed by atoms with E-state index in [1.807, 2.05) is 6.92 Å². The molecule has 5 aliphatic carbocycles. The van der Waals surface area contributed by atoms with Crippen molar-refractivity contribution in [2.75, 3.05) is 19.8 Å². The highest BCUT2D eigenvalue weighted by molar-refractivity contribution is 5.78. The second-order valence-electron chi connectivity index (χ2n) is 29.0. The molecule has 5 saturated carbocycles. The van der Waals surface area contributed by atoms with E-state index in [2.05, 4.69) is 34.6 Å². The maximum Gasteiger partial charge on any atom is 0.312 e.